The van der Waals surface area contributed by atoms with Crippen molar-refractivity contribution in [3.05, 3.63) is 105 Å². The van der Waals surface area contributed by atoms with Crippen LogP contribution < -0.4 is 21.5 Å². The molecule has 0 radical (unpaired) electrons. The molecule has 1 aliphatic heterocycles. The molecular formula is C29H27N7O2. The van der Waals surface area contributed by atoms with Crippen LogP contribution in [0.2, 0.25) is 0 Å². The maximum atomic E-state index is 14.2. The highest BCUT2D eigenvalue weighted by Crippen LogP contribution is 2.31. The molecule has 9 nitrogen and oxygen atoms in total. The third kappa shape index (κ3) is 3.86. The number of piperazine rings is 1. The molecule has 0 unspecified atom stereocenters. The van der Waals surface area contributed by atoms with Crippen molar-refractivity contribution in [3.8, 4) is 6.07 Å². The van der Waals surface area contributed by atoms with E-state index >= 15 is 0 Å². The quantitative estimate of drug-likeness (QED) is 0.394. The summed E-state index contributed by atoms with van der Waals surface area (Å²) in [5, 5.41) is 15.5. The van der Waals surface area contributed by atoms with E-state index in [1.54, 1.807) is 13.2 Å². The van der Waals surface area contributed by atoms with Crippen LogP contribution in [0.15, 0.2) is 76.4 Å². The third-order valence-electron chi connectivity index (χ3n) is 7.29. The van der Waals surface area contributed by atoms with Gasteiger partial charge in [-0.2, -0.15) is 5.26 Å². The molecular weight excluding hydrogens is 478 g/mol. The zero-order valence-corrected chi connectivity index (χ0v) is 21.1. The zero-order valence-electron chi connectivity index (χ0n) is 21.1. The fourth-order valence-corrected chi connectivity index (χ4v) is 5.45. The van der Waals surface area contributed by atoms with Gasteiger partial charge in [-0.3, -0.25) is 18.9 Å². The second-order valence-electron chi connectivity index (χ2n) is 9.53. The van der Waals surface area contributed by atoms with E-state index in [2.05, 4.69) is 21.3 Å². The summed E-state index contributed by atoms with van der Waals surface area (Å²) in [4.78, 5) is 34.5. The highest BCUT2D eigenvalue weighted by Gasteiger charge is 2.28. The molecule has 6 rings (SSSR count). The fraction of sp³-hybridized carbons (Fsp3) is 0.241. The molecule has 9 heteroatoms. The zero-order chi connectivity index (χ0) is 26.2. The van der Waals surface area contributed by atoms with Gasteiger partial charge in [0.05, 0.1) is 17.8 Å². The number of fused-ring (bicyclic) bond motifs is 2. The summed E-state index contributed by atoms with van der Waals surface area (Å²) in [6.45, 7) is 3.37. The van der Waals surface area contributed by atoms with Gasteiger partial charge in [0, 0.05) is 51.4 Å². The molecule has 0 saturated carbocycles. The van der Waals surface area contributed by atoms with E-state index in [4.69, 9.17) is 0 Å². The van der Waals surface area contributed by atoms with Crippen LogP contribution >= 0.6 is 0 Å². The first kappa shape index (κ1) is 23.7. The summed E-state index contributed by atoms with van der Waals surface area (Å²) in [6, 6.07) is 21.9. The van der Waals surface area contributed by atoms with Gasteiger partial charge in [0.15, 0.2) is 0 Å². The molecule has 1 N–H and O–H groups in total. The Hall–Kier alpha value is -4.68. The van der Waals surface area contributed by atoms with Crippen molar-refractivity contribution in [2.45, 2.75) is 13.1 Å². The van der Waals surface area contributed by atoms with Gasteiger partial charge in [-0.25, -0.2) is 4.79 Å². The molecule has 0 atom stereocenters. The molecule has 0 aliphatic carbocycles. The van der Waals surface area contributed by atoms with Crippen molar-refractivity contribution >= 4 is 27.6 Å². The monoisotopic (exact) mass is 505 g/mol. The van der Waals surface area contributed by atoms with Crippen LogP contribution in [0.5, 0.6) is 0 Å². The average Bonchev–Trinajstić information content (AvgIpc) is 3.29. The first-order valence-electron chi connectivity index (χ1n) is 12.7. The minimum Gasteiger partial charge on any atom is -0.354 e. The Balaban J connectivity index is 1.63. The summed E-state index contributed by atoms with van der Waals surface area (Å²) in [7, 11) is 1.63. The Bertz CT molecular complexity index is 1820. The van der Waals surface area contributed by atoms with E-state index in [1.165, 1.54) is 9.13 Å². The Kier molecular flexibility index (Phi) is 6.02. The second-order valence-corrected chi connectivity index (χ2v) is 9.53. The maximum absolute atomic E-state index is 14.2. The van der Waals surface area contributed by atoms with Gasteiger partial charge in [0.1, 0.15) is 23.0 Å². The molecule has 1 aliphatic rings. The number of aromatic nitrogens is 4. The number of anilines is 1. The van der Waals surface area contributed by atoms with Crippen LogP contribution in [0.25, 0.3) is 21.8 Å². The second kappa shape index (κ2) is 9.65. The van der Waals surface area contributed by atoms with E-state index in [0.29, 0.717) is 47.7 Å². The van der Waals surface area contributed by atoms with E-state index in [-0.39, 0.29) is 6.54 Å². The predicted octanol–water partition coefficient (Wildman–Crippen LogP) is 2.43. The molecule has 1 fully saturated rings. The van der Waals surface area contributed by atoms with Crippen LogP contribution in [0.1, 0.15) is 16.8 Å². The minimum absolute atomic E-state index is 0.0319. The predicted molar refractivity (Wildman–Crippen MR) is 148 cm³/mol. The number of pyridine rings is 1. The van der Waals surface area contributed by atoms with Crippen LogP contribution in [-0.4, -0.2) is 44.9 Å². The highest BCUT2D eigenvalue weighted by atomic mass is 16.2. The Labute approximate surface area is 218 Å². The maximum Gasteiger partial charge on any atom is 0.331 e. The van der Waals surface area contributed by atoms with Gasteiger partial charge in [-0.05, 0) is 17.0 Å². The van der Waals surface area contributed by atoms with Gasteiger partial charge < -0.3 is 14.8 Å². The number of aryl methyl sites for hydroxylation is 1. The highest BCUT2D eigenvalue weighted by molar-refractivity contribution is 5.90. The van der Waals surface area contributed by atoms with Gasteiger partial charge in [0.2, 0.25) is 0 Å². The van der Waals surface area contributed by atoms with Crippen molar-refractivity contribution in [1.82, 2.24) is 24.0 Å². The van der Waals surface area contributed by atoms with Crippen molar-refractivity contribution in [2.75, 3.05) is 31.1 Å². The Morgan fingerprint density at radius 2 is 1.66 bits per heavy atom. The van der Waals surface area contributed by atoms with Crippen LogP contribution in [0.3, 0.4) is 0 Å². The normalized spacial score (nSPS) is 13.7. The molecule has 38 heavy (non-hydrogen) atoms. The lowest BCUT2D eigenvalue weighted by atomic mass is 10.1. The first-order chi connectivity index (χ1) is 18.6. The van der Waals surface area contributed by atoms with E-state index in [9.17, 15) is 14.9 Å². The van der Waals surface area contributed by atoms with E-state index in [0.717, 1.165) is 29.4 Å². The molecule has 1 saturated heterocycles. The number of rotatable bonds is 5. The van der Waals surface area contributed by atoms with Crippen LogP contribution in [-0.2, 0) is 20.1 Å². The molecule has 190 valence electrons. The molecule has 3 aromatic heterocycles. The van der Waals surface area contributed by atoms with Gasteiger partial charge >= 0.3 is 5.69 Å². The number of nitrogens with one attached hydrogen (secondary N) is 1. The van der Waals surface area contributed by atoms with Gasteiger partial charge in [-0.15, -0.1) is 0 Å². The Morgan fingerprint density at radius 3 is 2.42 bits per heavy atom. The van der Waals surface area contributed by atoms with Gasteiger partial charge in [-0.1, -0.05) is 54.6 Å². The molecule has 0 amide bonds. The SMILES string of the molecule is Cn1c(=O)n(Cc2nccc3ccccc23)c(=O)c2c1c(C#N)c(N1CCNCC1)n2Cc1ccccc1. The average molecular weight is 506 g/mol. The molecule has 5 aromatic rings. The fourth-order valence-electron chi connectivity index (χ4n) is 5.45. The molecule has 4 heterocycles. The van der Waals surface area contributed by atoms with Gasteiger partial charge in [0.25, 0.3) is 5.56 Å². The molecule has 2 aromatic carbocycles. The van der Waals surface area contributed by atoms with Crippen molar-refractivity contribution in [1.29, 1.82) is 5.26 Å². The standard InChI is InChI=1S/C29H27N7O2/c1-33-25-23(17-30)27(34-15-13-31-14-16-34)35(18-20-7-3-2-4-8-20)26(25)28(37)36(29(33)38)19-24-22-10-6-5-9-21(22)11-12-32-24/h2-12,31H,13-16,18-19H2,1H3. The lowest BCUT2D eigenvalue weighted by molar-refractivity contribution is 0.576. The van der Waals surface area contributed by atoms with E-state index in [1.807, 2.05) is 65.2 Å². The van der Waals surface area contributed by atoms with Crippen LogP contribution in [0, 0.1) is 11.3 Å². The summed E-state index contributed by atoms with van der Waals surface area (Å²) in [6.07, 6.45) is 1.69. The van der Waals surface area contributed by atoms with Crippen molar-refractivity contribution < 1.29 is 0 Å². The largest absolute Gasteiger partial charge is 0.354 e. The Morgan fingerprint density at radius 1 is 0.921 bits per heavy atom. The number of nitriles is 1. The van der Waals surface area contributed by atoms with Crippen molar-refractivity contribution in [2.24, 2.45) is 7.05 Å². The lowest BCUT2D eigenvalue weighted by Gasteiger charge is -2.30. The lowest BCUT2D eigenvalue weighted by Crippen LogP contribution is -2.44. The third-order valence-corrected chi connectivity index (χ3v) is 7.29. The topological polar surface area (TPSA) is 101 Å². The molecule has 0 spiro atoms. The summed E-state index contributed by atoms with van der Waals surface area (Å²) in [5.41, 5.74) is 1.82. The number of hydrogen-bond donors (Lipinski definition) is 1. The smallest absolute Gasteiger partial charge is 0.331 e. The number of benzene rings is 2. The summed E-state index contributed by atoms with van der Waals surface area (Å²) in [5.74, 6) is 0.681. The van der Waals surface area contributed by atoms with Crippen LogP contribution in [0.4, 0.5) is 5.82 Å². The van der Waals surface area contributed by atoms with Crippen molar-refractivity contribution in [3.63, 3.8) is 0 Å². The molecule has 0 bridgehead atoms. The van der Waals surface area contributed by atoms with E-state index < -0.39 is 11.2 Å². The summed E-state index contributed by atoms with van der Waals surface area (Å²) < 4.78 is 4.60. The number of nitrogens with zero attached hydrogens (tertiary/aromatic N) is 6. The number of hydrogen-bond acceptors (Lipinski definition) is 6. The summed E-state index contributed by atoms with van der Waals surface area (Å²) >= 11 is 0. The first-order valence-corrected chi connectivity index (χ1v) is 12.7. The minimum atomic E-state index is -0.475.